The van der Waals surface area contributed by atoms with Gasteiger partial charge in [-0.2, -0.15) is 0 Å². The van der Waals surface area contributed by atoms with Crippen LogP contribution in [0.1, 0.15) is 73.1 Å². The number of fused-ring (bicyclic) bond motifs is 7. The zero-order valence-electron chi connectivity index (χ0n) is 18.5. The van der Waals surface area contributed by atoms with Gasteiger partial charge in [0.25, 0.3) is 0 Å². The van der Waals surface area contributed by atoms with Crippen LogP contribution in [0.15, 0.2) is 23.8 Å². The number of ether oxygens (including phenoxy) is 2. The van der Waals surface area contributed by atoms with E-state index in [0.29, 0.717) is 24.2 Å². The third kappa shape index (κ3) is 2.28. The van der Waals surface area contributed by atoms with E-state index in [4.69, 9.17) is 9.47 Å². The van der Waals surface area contributed by atoms with E-state index in [1.54, 1.807) is 6.92 Å². The second-order valence-corrected chi connectivity index (χ2v) is 11.2. The van der Waals surface area contributed by atoms with Gasteiger partial charge in [0.05, 0.1) is 6.10 Å². The fourth-order valence-corrected chi connectivity index (χ4v) is 8.31. The molecule has 0 aromatic carbocycles. The van der Waals surface area contributed by atoms with Crippen LogP contribution < -0.4 is 0 Å². The SMILES string of the molecule is C=C1C[C@@H]2[C@H](CC[C@@]3(C)[C@H]2C[C@H]2OC(C)(C)OC23C(C)=O)[C@@]2(C)CCC(=O)C=C12. The quantitative estimate of drug-likeness (QED) is 0.638. The van der Waals surface area contributed by atoms with Crippen LogP contribution in [-0.4, -0.2) is 29.1 Å². The van der Waals surface area contributed by atoms with Gasteiger partial charge in [0.15, 0.2) is 23.0 Å². The maximum Gasteiger partial charge on any atom is 0.164 e. The van der Waals surface area contributed by atoms with Crippen molar-refractivity contribution in [1.29, 1.82) is 0 Å². The zero-order valence-corrected chi connectivity index (χ0v) is 18.5. The largest absolute Gasteiger partial charge is 0.344 e. The first-order valence-electron chi connectivity index (χ1n) is 11.3. The van der Waals surface area contributed by atoms with Crippen LogP contribution in [0.5, 0.6) is 0 Å². The summed E-state index contributed by atoms with van der Waals surface area (Å²) in [6, 6.07) is 0. The van der Waals surface area contributed by atoms with Crippen molar-refractivity contribution in [2.45, 2.75) is 90.6 Å². The van der Waals surface area contributed by atoms with Gasteiger partial charge in [-0.3, -0.25) is 9.59 Å². The first-order valence-corrected chi connectivity index (χ1v) is 11.3. The number of carbonyl (C=O) groups excluding carboxylic acids is 2. The molecule has 1 aliphatic heterocycles. The van der Waals surface area contributed by atoms with Gasteiger partial charge in [0.1, 0.15) is 0 Å². The summed E-state index contributed by atoms with van der Waals surface area (Å²) in [5.41, 5.74) is 1.29. The van der Waals surface area contributed by atoms with Gasteiger partial charge in [-0.05, 0) is 87.7 Å². The van der Waals surface area contributed by atoms with Gasteiger partial charge < -0.3 is 9.47 Å². The van der Waals surface area contributed by atoms with Crippen LogP contribution in [-0.2, 0) is 19.1 Å². The fraction of sp³-hybridized carbons (Fsp3) is 0.760. The van der Waals surface area contributed by atoms with Crippen molar-refractivity contribution in [3.05, 3.63) is 23.8 Å². The topological polar surface area (TPSA) is 52.6 Å². The minimum absolute atomic E-state index is 0.0251. The predicted molar refractivity (Wildman–Crippen MR) is 110 cm³/mol. The van der Waals surface area contributed by atoms with E-state index in [-0.39, 0.29) is 28.5 Å². The summed E-state index contributed by atoms with van der Waals surface area (Å²) < 4.78 is 12.8. The van der Waals surface area contributed by atoms with Crippen molar-refractivity contribution in [2.24, 2.45) is 28.6 Å². The van der Waals surface area contributed by atoms with Crippen LogP contribution in [0.3, 0.4) is 0 Å². The molecule has 0 bridgehead atoms. The van der Waals surface area contributed by atoms with Gasteiger partial charge in [0, 0.05) is 11.8 Å². The van der Waals surface area contributed by atoms with E-state index >= 15 is 0 Å². The van der Waals surface area contributed by atoms with Crippen molar-refractivity contribution in [3.63, 3.8) is 0 Å². The molecule has 3 saturated carbocycles. The molecule has 0 N–H and O–H groups in total. The molecule has 1 heterocycles. The van der Waals surface area contributed by atoms with Crippen molar-refractivity contribution < 1.29 is 19.1 Å². The molecular weight excluding hydrogens is 364 g/mol. The number of rotatable bonds is 1. The molecule has 4 aliphatic carbocycles. The number of ketones is 2. The van der Waals surface area contributed by atoms with E-state index in [1.165, 1.54) is 5.57 Å². The second-order valence-electron chi connectivity index (χ2n) is 11.2. The second kappa shape index (κ2) is 5.70. The Morgan fingerprint density at radius 3 is 2.59 bits per heavy atom. The van der Waals surface area contributed by atoms with Gasteiger partial charge in [-0.1, -0.05) is 26.0 Å². The average Bonchev–Trinajstić information content (AvgIpc) is 3.03. The zero-order chi connectivity index (χ0) is 21.0. The van der Waals surface area contributed by atoms with Crippen molar-refractivity contribution in [1.82, 2.24) is 0 Å². The summed E-state index contributed by atoms with van der Waals surface area (Å²) in [7, 11) is 0. The molecule has 158 valence electrons. The van der Waals surface area contributed by atoms with Crippen LogP contribution in [0.4, 0.5) is 0 Å². The molecule has 7 atom stereocenters. The third-order valence-electron chi connectivity index (χ3n) is 9.45. The lowest BCUT2D eigenvalue weighted by atomic mass is 9.45. The molecule has 4 fully saturated rings. The van der Waals surface area contributed by atoms with Crippen LogP contribution in [0, 0.1) is 28.6 Å². The molecule has 29 heavy (non-hydrogen) atoms. The van der Waals surface area contributed by atoms with E-state index in [9.17, 15) is 9.59 Å². The Hall–Kier alpha value is -1.26. The Kier molecular flexibility index (Phi) is 3.87. The molecule has 5 aliphatic rings. The minimum Gasteiger partial charge on any atom is -0.344 e. The number of allylic oxidation sites excluding steroid dienone is 2. The van der Waals surface area contributed by atoms with E-state index < -0.39 is 11.4 Å². The van der Waals surface area contributed by atoms with E-state index in [2.05, 4.69) is 20.4 Å². The summed E-state index contributed by atoms with van der Waals surface area (Å²) in [5, 5.41) is 0. The van der Waals surface area contributed by atoms with E-state index in [0.717, 1.165) is 37.7 Å². The molecule has 0 aromatic rings. The van der Waals surface area contributed by atoms with Crippen molar-refractivity contribution >= 4 is 11.6 Å². The number of hydrogen-bond donors (Lipinski definition) is 0. The van der Waals surface area contributed by atoms with Crippen LogP contribution >= 0.6 is 0 Å². The fourth-order valence-electron chi connectivity index (χ4n) is 8.31. The standard InChI is InChI=1S/C25H34O4/c1-14-11-17-18(23(5)9-7-16(27)12-19(14)23)8-10-24(6)20(17)13-21-25(24,15(2)26)29-22(3,4)28-21/h12,17-18,20-21H,1,7-11,13H2,2-6H3/t17-,18+,20+,21-,23-,24+,25?/m1/s1. The maximum absolute atomic E-state index is 13.1. The number of Topliss-reactive ketones (excluding diaryl/α,β-unsaturated/α-hetero) is 1. The molecule has 0 amide bonds. The molecule has 4 heteroatoms. The van der Waals surface area contributed by atoms with Gasteiger partial charge in [0.2, 0.25) is 0 Å². The molecular formula is C25H34O4. The maximum atomic E-state index is 13.1. The monoisotopic (exact) mass is 398 g/mol. The summed E-state index contributed by atoms with van der Waals surface area (Å²) in [4.78, 5) is 25.2. The van der Waals surface area contributed by atoms with Gasteiger partial charge in [-0.15, -0.1) is 0 Å². The molecule has 1 saturated heterocycles. The first-order chi connectivity index (χ1) is 13.4. The van der Waals surface area contributed by atoms with Crippen molar-refractivity contribution in [3.8, 4) is 0 Å². The number of hydrogen-bond acceptors (Lipinski definition) is 4. The summed E-state index contributed by atoms with van der Waals surface area (Å²) in [5.74, 6) is 1.01. The first kappa shape index (κ1) is 19.7. The molecule has 4 nitrogen and oxygen atoms in total. The molecule has 5 rings (SSSR count). The Morgan fingerprint density at radius 2 is 1.90 bits per heavy atom. The molecule has 1 unspecified atom stereocenters. The normalized spacial score (nSPS) is 50.3. The summed E-state index contributed by atoms with van der Waals surface area (Å²) in [6.07, 6.45) is 7.10. The summed E-state index contributed by atoms with van der Waals surface area (Å²) >= 11 is 0. The highest BCUT2D eigenvalue weighted by Gasteiger charge is 2.75. The Labute approximate surface area is 174 Å². The average molecular weight is 399 g/mol. The predicted octanol–water partition coefficient (Wildman–Crippen LogP) is 4.77. The van der Waals surface area contributed by atoms with E-state index in [1.807, 2.05) is 19.9 Å². The Bertz CT molecular complexity index is 853. The minimum atomic E-state index is -0.840. The molecule has 0 radical (unpaired) electrons. The lowest BCUT2D eigenvalue weighted by Crippen LogP contribution is -2.60. The summed E-state index contributed by atoms with van der Waals surface area (Å²) in [6.45, 7) is 14.6. The third-order valence-corrected chi connectivity index (χ3v) is 9.45. The Morgan fingerprint density at radius 1 is 1.17 bits per heavy atom. The smallest absolute Gasteiger partial charge is 0.164 e. The van der Waals surface area contributed by atoms with Gasteiger partial charge in [-0.25, -0.2) is 0 Å². The highest BCUT2D eigenvalue weighted by molar-refractivity contribution is 5.92. The lowest BCUT2D eigenvalue weighted by molar-refractivity contribution is -0.213. The van der Waals surface area contributed by atoms with Crippen molar-refractivity contribution in [2.75, 3.05) is 0 Å². The molecule has 0 spiro atoms. The van der Waals surface area contributed by atoms with Crippen LogP contribution in [0.2, 0.25) is 0 Å². The highest BCUT2D eigenvalue weighted by atomic mass is 16.8. The van der Waals surface area contributed by atoms with Gasteiger partial charge >= 0.3 is 0 Å². The highest BCUT2D eigenvalue weighted by Crippen LogP contribution is 2.71. The van der Waals surface area contributed by atoms with Crippen LogP contribution in [0.25, 0.3) is 0 Å². The lowest BCUT2D eigenvalue weighted by Gasteiger charge is -2.59. The number of carbonyl (C=O) groups is 2. The molecule has 0 aromatic heterocycles. The Balaban J connectivity index is 1.57.